The van der Waals surface area contributed by atoms with Gasteiger partial charge >= 0.3 is 7.12 Å². The van der Waals surface area contributed by atoms with Gasteiger partial charge in [0.2, 0.25) is 0 Å². The molecule has 2 aromatic carbocycles. The molecular formula is C26H32BNO2. The maximum absolute atomic E-state index is 6.28. The highest BCUT2D eigenvalue weighted by atomic mass is 16.6. The monoisotopic (exact) mass is 401 g/mol. The Labute approximate surface area is 180 Å². The third-order valence-electron chi connectivity index (χ3n) is 6.21. The molecule has 0 fully saturated rings. The predicted molar refractivity (Wildman–Crippen MR) is 128 cm³/mol. The molecule has 0 radical (unpaired) electrons. The highest BCUT2D eigenvalue weighted by Gasteiger charge is 2.29. The Hall–Kier alpha value is -2.30. The first-order valence-electron chi connectivity index (χ1n) is 11.1. The average molecular weight is 401 g/mol. The fourth-order valence-electron chi connectivity index (χ4n) is 4.23. The van der Waals surface area contributed by atoms with Crippen molar-refractivity contribution < 1.29 is 9.31 Å². The lowest BCUT2D eigenvalue weighted by atomic mass is 9.77. The minimum Gasteiger partial charge on any atom is -0.408 e. The van der Waals surface area contributed by atoms with Crippen LogP contribution in [-0.2, 0) is 9.31 Å². The van der Waals surface area contributed by atoms with Gasteiger partial charge in [0.05, 0.1) is 5.52 Å². The molecule has 1 unspecified atom stereocenters. The lowest BCUT2D eigenvalue weighted by Crippen LogP contribution is -2.43. The zero-order valence-electron chi connectivity index (χ0n) is 18.8. The van der Waals surface area contributed by atoms with Gasteiger partial charge in [-0.1, -0.05) is 56.3 Å². The topological polar surface area (TPSA) is 23.4 Å². The molecule has 0 spiro atoms. The van der Waals surface area contributed by atoms with E-state index in [9.17, 15) is 0 Å². The second kappa shape index (κ2) is 8.45. The van der Waals surface area contributed by atoms with Gasteiger partial charge in [0.1, 0.15) is 0 Å². The van der Waals surface area contributed by atoms with E-state index in [2.05, 4.69) is 92.9 Å². The number of nitrogens with zero attached hydrogens (tertiary/aromatic N) is 1. The molecule has 1 atom stereocenters. The number of para-hydroxylation sites is 1. The Morgan fingerprint density at radius 3 is 2.50 bits per heavy atom. The summed E-state index contributed by atoms with van der Waals surface area (Å²) in [5.74, 6) is 0.488. The number of benzene rings is 2. The van der Waals surface area contributed by atoms with Gasteiger partial charge in [0.25, 0.3) is 0 Å². The molecule has 1 heterocycles. The van der Waals surface area contributed by atoms with Crippen LogP contribution in [0, 0.1) is 0 Å². The molecule has 30 heavy (non-hydrogen) atoms. The highest BCUT2D eigenvalue weighted by molar-refractivity contribution is 6.61. The summed E-state index contributed by atoms with van der Waals surface area (Å²) in [6.45, 7) is 11.3. The normalized spacial score (nSPS) is 16.1. The molecule has 3 aromatic rings. The van der Waals surface area contributed by atoms with Crippen molar-refractivity contribution in [3.05, 3.63) is 65.9 Å². The first-order valence-corrected chi connectivity index (χ1v) is 11.1. The van der Waals surface area contributed by atoms with Crippen molar-refractivity contribution in [1.29, 1.82) is 0 Å². The van der Waals surface area contributed by atoms with Crippen molar-refractivity contribution in [2.75, 3.05) is 6.61 Å². The molecule has 0 aliphatic heterocycles. The smallest absolute Gasteiger partial charge is 0.408 e. The van der Waals surface area contributed by atoms with Crippen LogP contribution in [0.4, 0.5) is 0 Å². The van der Waals surface area contributed by atoms with Crippen LogP contribution in [0.25, 0.3) is 22.7 Å². The first-order chi connectivity index (χ1) is 14.4. The molecule has 0 saturated carbocycles. The van der Waals surface area contributed by atoms with E-state index in [1.165, 1.54) is 27.8 Å². The van der Waals surface area contributed by atoms with Crippen LogP contribution in [0.1, 0.15) is 64.6 Å². The van der Waals surface area contributed by atoms with E-state index in [-0.39, 0.29) is 12.7 Å². The Kier molecular flexibility index (Phi) is 5.90. The van der Waals surface area contributed by atoms with E-state index in [1.54, 1.807) is 0 Å². The zero-order chi connectivity index (χ0) is 21.3. The molecule has 3 nitrogen and oxygen atoms in total. The van der Waals surface area contributed by atoms with Crippen molar-refractivity contribution in [2.45, 2.75) is 59.0 Å². The number of allylic oxidation sites excluding steroid dienone is 1. The van der Waals surface area contributed by atoms with Crippen LogP contribution < -0.4 is 5.46 Å². The summed E-state index contributed by atoms with van der Waals surface area (Å²) in [5.41, 5.74) is 6.03. The van der Waals surface area contributed by atoms with Gasteiger partial charge in [-0.3, -0.25) is 0 Å². The summed E-state index contributed by atoms with van der Waals surface area (Å²) >= 11 is 0. The predicted octanol–water partition coefficient (Wildman–Crippen LogP) is 6.09. The lowest BCUT2D eigenvalue weighted by Gasteiger charge is -2.28. The highest BCUT2D eigenvalue weighted by Crippen LogP contribution is 2.38. The van der Waals surface area contributed by atoms with Gasteiger partial charge in [-0.15, -0.1) is 0 Å². The van der Waals surface area contributed by atoms with E-state index in [0.29, 0.717) is 12.5 Å². The SMILES string of the molecule is CCOB(OC(C)(C)CC)c1ccc(-n2c3c(c4ccccc42)C=CCC3C)cc1. The maximum atomic E-state index is 6.28. The van der Waals surface area contributed by atoms with E-state index in [4.69, 9.17) is 9.31 Å². The fourth-order valence-corrected chi connectivity index (χ4v) is 4.23. The Morgan fingerprint density at radius 2 is 1.80 bits per heavy atom. The largest absolute Gasteiger partial charge is 0.494 e. The summed E-state index contributed by atoms with van der Waals surface area (Å²) < 4.78 is 14.6. The molecule has 0 bridgehead atoms. The summed E-state index contributed by atoms with van der Waals surface area (Å²) in [6.07, 6.45) is 6.59. The van der Waals surface area contributed by atoms with Crippen LogP contribution >= 0.6 is 0 Å². The van der Waals surface area contributed by atoms with E-state index < -0.39 is 0 Å². The summed E-state index contributed by atoms with van der Waals surface area (Å²) in [4.78, 5) is 0. The van der Waals surface area contributed by atoms with Crippen LogP contribution in [0.2, 0.25) is 0 Å². The second-order valence-electron chi connectivity index (χ2n) is 8.80. The number of fused-ring (bicyclic) bond motifs is 3. The molecular weight excluding hydrogens is 369 g/mol. The third kappa shape index (κ3) is 3.87. The summed E-state index contributed by atoms with van der Waals surface area (Å²) in [5, 5.41) is 1.32. The molecule has 1 aliphatic carbocycles. The number of hydrogen-bond acceptors (Lipinski definition) is 2. The van der Waals surface area contributed by atoms with Gasteiger partial charge < -0.3 is 13.9 Å². The van der Waals surface area contributed by atoms with Gasteiger partial charge in [-0.25, -0.2) is 0 Å². The Bertz CT molecular complexity index is 1050. The maximum Gasteiger partial charge on any atom is 0.494 e. The van der Waals surface area contributed by atoms with Gasteiger partial charge in [0.15, 0.2) is 0 Å². The fraction of sp³-hybridized carbons (Fsp3) is 0.385. The molecule has 1 aliphatic rings. The minimum absolute atomic E-state index is 0.226. The Morgan fingerprint density at radius 1 is 1.07 bits per heavy atom. The van der Waals surface area contributed by atoms with E-state index >= 15 is 0 Å². The van der Waals surface area contributed by atoms with E-state index in [0.717, 1.165) is 18.3 Å². The van der Waals surface area contributed by atoms with Crippen molar-refractivity contribution in [3.63, 3.8) is 0 Å². The van der Waals surface area contributed by atoms with Crippen LogP contribution in [0.15, 0.2) is 54.6 Å². The Balaban J connectivity index is 1.76. The molecule has 0 N–H and O–H groups in total. The van der Waals surface area contributed by atoms with Crippen LogP contribution in [0.5, 0.6) is 0 Å². The first kappa shape index (κ1) is 21.0. The van der Waals surface area contributed by atoms with Gasteiger partial charge in [-0.05, 0) is 57.3 Å². The molecule has 4 heteroatoms. The van der Waals surface area contributed by atoms with Crippen LogP contribution in [-0.4, -0.2) is 23.9 Å². The lowest BCUT2D eigenvalue weighted by molar-refractivity contribution is 0.0706. The second-order valence-corrected chi connectivity index (χ2v) is 8.80. The molecule has 0 amide bonds. The summed E-state index contributed by atoms with van der Waals surface area (Å²) in [7, 11) is -0.351. The molecule has 1 aromatic heterocycles. The van der Waals surface area contributed by atoms with Crippen LogP contribution in [0.3, 0.4) is 0 Å². The standard InChI is InChI=1S/C26H32BNO2/c1-6-26(4,5)30-27(29-7-2)20-15-17-21(18-16-20)28-24-14-9-8-12-22(24)23-13-10-11-19(3)25(23)28/h8-10,12-19H,6-7,11H2,1-5H3. The minimum atomic E-state index is -0.351. The van der Waals surface area contributed by atoms with Crippen molar-refractivity contribution in [2.24, 2.45) is 0 Å². The van der Waals surface area contributed by atoms with Crippen molar-refractivity contribution in [1.82, 2.24) is 4.57 Å². The number of aromatic nitrogens is 1. The zero-order valence-corrected chi connectivity index (χ0v) is 18.8. The third-order valence-corrected chi connectivity index (χ3v) is 6.21. The van der Waals surface area contributed by atoms with Gasteiger partial charge in [0, 0.05) is 40.5 Å². The van der Waals surface area contributed by atoms with E-state index in [1.807, 2.05) is 6.92 Å². The average Bonchev–Trinajstić information content (AvgIpc) is 3.09. The molecule has 156 valence electrons. The van der Waals surface area contributed by atoms with Crippen molar-refractivity contribution in [3.8, 4) is 5.69 Å². The molecule has 0 saturated heterocycles. The van der Waals surface area contributed by atoms with Crippen molar-refractivity contribution >= 4 is 29.6 Å². The van der Waals surface area contributed by atoms with Gasteiger partial charge in [-0.2, -0.15) is 0 Å². The number of rotatable bonds is 7. The molecule has 4 rings (SSSR count). The summed E-state index contributed by atoms with van der Waals surface area (Å²) in [6, 6.07) is 17.4. The quantitative estimate of drug-likeness (QED) is 0.448. The number of hydrogen-bond donors (Lipinski definition) is 0.